The average Bonchev–Trinajstić information content (AvgIpc) is 3.67. The number of rotatable bonds is 10. The van der Waals surface area contributed by atoms with Crippen LogP contribution >= 0.6 is 0 Å². The van der Waals surface area contributed by atoms with Gasteiger partial charge in [0, 0.05) is 18.5 Å². The minimum absolute atomic E-state index is 0.00893. The van der Waals surface area contributed by atoms with Crippen LogP contribution in [0.3, 0.4) is 0 Å². The van der Waals surface area contributed by atoms with E-state index >= 15 is 0 Å². The maximum atomic E-state index is 13.9. The van der Waals surface area contributed by atoms with Crippen molar-refractivity contribution in [1.82, 2.24) is 25.6 Å². The summed E-state index contributed by atoms with van der Waals surface area (Å²) < 4.78 is 112. The third kappa shape index (κ3) is 8.60. The van der Waals surface area contributed by atoms with Crippen LogP contribution in [-0.2, 0) is 17.5 Å². The van der Waals surface area contributed by atoms with E-state index in [9.17, 15) is 44.7 Å². The summed E-state index contributed by atoms with van der Waals surface area (Å²) in [4.78, 5) is 36.4. The molecule has 0 bridgehead atoms. The zero-order valence-electron chi connectivity index (χ0n) is 24.8. The van der Waals surface area contributed by atoms with Crippen molar-refractivity contribution in [3.8, 4) is 5.88 Å². The molecule has 17 heteroatoms. The molecular formula is C30H32F8N6O3. The van der Waals surface area contributed by atoms with Crippen LogP contribution in [0, 0.1) is 11.8 Å². The number of anilines is 2. The number of ether oxygens (including phenoxy) is 1. The first kappa shape index (κ1) is 34.2. The summed E-state index contributed by atoms with van der Waals surface area (Å²) in [5.74, 6) is -3.38. The number of benzene rings is 1. The molecular weight excluding hydrogens is 644 g/mol. The van der Waals surface area contributed by atoms with Gasteiger partial charge >= 0.3 is 12.4 Å². The normalized spacial score (nSPS) is 19.3. The molecule has 2 saturated carbocycles. The predicted molar refractivity (Wildman–Crippen MR) is 153 cm³/mol. The first-order valence-electron chi connectivity index (χ1n) is 15.1. The number of aromatic amines is 1. The van der Waals surface area contributed by atoms with Gasteiger partial charge in [0.1, 0.15) is 5.56 Å². The average molecular weight is 677 g/mol. The number of alkyl halides is 8. The summed E-state index contributed by atoms with van der Waals surface area (Å²) in [6.07, 6.45) is -8.95. The number of hydrogen-bond acceptors (Lipinski definition) is 6. The quantitative estimate of drug-likeness (QED) is 0.171. The summed E-state index contributed by atoms with van der Waals surface area (Å²) in [5, 5.41) is 7.91. The second-order valence-corrected chi connectivity index (χ2v) is 11.8. The Kier molecular flexibility index (Phi) is 10.1. The number of nitrogens with one attached hydrogen (secondary N) is 4. The van der Waals surface area contributed by atoms with Crippen molar-refractivity contribution in [2.75, 3.05) is 11.9 Å². The molecule has 2 heterocycles. The molecule has 256 valence electrons. The van der Waals surface area contributed by atoms with Gasteiger partial charge in [0.15, 0.2) is 12.3 Å². The van der Waals surface area contributed by atoms with Crippen LogP contribution in [0.5, 0.6) is 5.88 Å². The van der Waals surface area contributed by atoms with Gasteiger partial charge in [-0.2, -0.15) is 36.3 Å². The van der Waals surface area contributed by atoms with Gasteiger partial charge in [-0.25, -0.2) is 8.78 Å². The van der Waals surface area contributed by atoms with Crippen LogP contribution in [0.15, 0.2) is 24.3 Å². The summed E-state index contributed by atoms with van der Waals surface area (Å²) in [7, 11) is 0. The number of carbonyl (C=O) groups is 2. The number of H-pyrrole nitrogens is 1. The Morgan fingerprint density at radius 1 is 0.957 bits per heavy atom. The second kappa shape index (κ2) is 13.9. The van der Waals surface area contributed by atoms with E-state index in [0.29, 0.717) is 5.56 Å². The predicted octanol–water partition coefficient (Wildman–Crippen LogP) is 7.02. The molecule has 0 aliphatic heterocycles. The van der Waals surface area contributed by atoms with Gasteiger partial charge in [-0.3, -0.25) is 9.59 Å². The molecule has 47 heavy (non-hydrogen) atoms. The highest BCUT2D eigenvalue weighted by atomic mass is 19.4. The molecule has 0 atom stereocenters. The number of nitrogens with zero attached hydrogens (tertiary/aromatic N) is 2. The standard InChI is InChI=1S/C30H32F8N6O3/c31-23(32)14-47-27-19(26(46)40-18-8-6-17(7-9-18)29(33,34)35)12-22-24(43-27)44-28(42-22)41-21-11-15(5-10-20(21)30(36,37)38)13-39-25(45)16-3-1-2-4-16/h5,10-12,16-18,23H,1-4,6-9,13-14H2,(H,39,45)(H,40,46)(H2,41,42,43,44). The van der Waals surface area contributed by atoms with E-state index in [4.69, 9.17) is 4.74 Å². The molecule has 1 aromatic carbocycles. The monoisotopic (exact) mass is 676 g/mol. The third-order valence-electron chi connectivity index (χ3n) is 8.39. The molecule has 0 unspecified atom stereocenters. The summed E-state index contributed by atoms with van der Waals surface area (Å²) in [6, 6.07) is 3.87. The van der Waals surface area contributed by atoms with Crippen molar-refractivity contribution in [1.29, 1.82) is 0 Å². The van der Waals surface area contributed by atoms with Crippen molar-refractivity contribution in [3.63, 3.8) is 0 Å². The molecule has 2 amide bonds. The van der Waals surface area contributed by atoms with E-state index < -0.39 is 60.4 Å². The Hall–Kier alpha value is -4.18. The molecule has 5 rings (SSSR count). The van der Waals surface area contributed by atoms with E-state index in [0.717, 1.165) is 37.8 Å². The molecule has 2 fully saturated rings. The minimum Gasteiger partial charge on any atom is -0.471 e. The second-order valence-electron chi connectivity index (χ2n) is 11.8. The van der Waals surface area contributed by atoms with Gasteiger partial charge in [-0.1, -0.05) is 18.9 Å². The minimum atomic E-state index is -4.76. The van der Waals surface area contributed by atoms with Gasteiger partial charge in [-0.05, 0) is 62.3 Å². The first-order chi connectivity index (χ1) is 22.2. The number of amides is 2. The number of imidazole rings is 1. The van der Waals surface area contributed by atoms with Crippen molar-refractivity contribution in [2.24, 2.45) is 11.8 Å². The van der Waals surface area contributed by atoms with Gasteiger partial charge in [0.25, 0.3) is 12.3 Å². The SMILES string of the molecule is O=C(NC1CCC(C(F)(F)F)CC1)c1cc2[nH]c(Nc3cc(CNC(=O)C4CCCC4)ccc3C(F)(F)F)nc2nc1OCC(F)F. The highest BCUT2D eigenvalue weighted by Crippen LogP contribution is 2.39. The molecule has 2 aliphatic carbocycles. The lowest BCUT2D eigenvalue weighted by atomic mass is 9.85. The van der Waals surface area contributed by atoms with E-state index in [2.05, 4.69) is 30.9 Å². The smallest absolute Gasteiger partial charge is 0.418 e. The van der Waals surface area contributed by atoms with Crippen molar-refractivity contribution in [3.05, 3.63) is 41.0 Å². The van der Waals surface area contributed by atoms with Gasteiger partial charge < -0.3 is 25.7 Å². The number of carbonyl (C=O) groups excluding carboxylic acids is 2. The van der Waals surface area contributed by atoms with Crippen LogP contribution in [0.25, 0.3) is 11.2 Å². The molecule has 0 spiro atoms. The Morgan fingerprint density at radius 3 is 2.30 bits per heavy atom. The van der Waals surface area contributed by atoms with E-state index in [1.54, 1.807) is 0 Å². The van der Waals surface area contributed by atoms with Gasteiger partial charge in [0.2, 0.25) is 17.7 Å². The molecule has 9 nitrogen and oxygen atoms in total. The Balaban J connectivity index is 1.37. The lowest BCUT2D eigenvalue weighted by molar-refractivity contribution is -0.182. The fraction of sp³-hybridized carbons (Fsp3) is 0.533. The summed E-state index contributed by atoms with van der Waals surface area (Å²) in [5.41, 5.74) is -1.50. The largest absolute Gasteiger partial charge is 0.471 e. The molecule has 2 aliphatic rings. The number of fused-ring (bicyclic) bond motifs is 1. The maximum Gasteiger partial charge on any atom is 0.418 e. The Morgan fingerprint density at radius 2 is 1.66 bits per heavy atom. The number of halogens is 8. The third-order valence-corrected chi connectivity index (χ3v) is 8.39. The zero-order chi connectivity index (χ0) is 33.9. The maximum absolute atomic E-state index is 13.9. The van der Waals surface area contributed by atoms with E-state index in [1.807, 2.05) is 0 Å². The summed E-state index contributed by atoms with van der Waals surface area (Å²) in [6.45, 7) is -1.14. The molecule has 3 aromatic rings. The molecule has 0 radical (unpaired) electrons. The highest BCUT2D eigenvalue weighted by Gasteiger charge is 2.41. The van der Waals surface area contributed by atoms with Crippen molar-refractivity contribution in [2.45, 2.75) is 82.7 Å². The topological polar surface area (TPSA) is 121 Å². The molecule has 4 N–H and O–H groups in total. The number of pyridine rings is 1. The van der Waals surface area contributed by atoms with Crippen LogP contribution < -0.4 is 20.7 Å². The lowest BCUT2D eigenvalue weighted by Crippen LogP contribution is -2.40. The molecule has 2 aromatic heterocycles. The van der Waals surface area contributed by atoms with E-state index in [1.165, 1.54) is 12.1 Å². The molecule has 0 saturated heterocycles. The number of hydrogen-bond donors (Lipinski definition) is 4. The highest BCUT2D eigenvalue weighted by molar-refractivity contribution is 5.99. The number of aromatic nitrogens is 3. The van der Waals surface area contributed by atoms with Crippen LogP contribution in [-0.4, -0.2) is 52.0 Å². The van der Waals surface area contributed by atoms with E-state index in [-0.39, 0.29) is 66.7 Å². The van der Waals surface area contributed by atoms with Gasteiger partial charge in [0.05, 0.1) is 22.7 Å². The van der Waals surface area contributed by atoms with Gasteiger partial charge in [-0.15, -0.1) is 0 Å². The van der Waals surface area contributed by atoms with Crippen LogP contribution in [0.4, 0.5) is 46.8 Å². The Labute approximate surface area is 263 Å². The van der Waals surface area contributed by atoms with Crippen LogP contribution in [0.2, 0.25) is 0 Å². The Bertz CT molecular complexity index is 1580. The van der Waals surface area contributed by atoms with Crippen molar-refractivity contribution >= 4 is 34.6 Å². The summed E-state index contributed by atoms with van der Waals surface area (Å²) >= 11 is 0. The first-order valence-corrected chi connectivity index (χ1v) is 15.1. The van der Waals surface area contributed by atoms with Crippen LogP contribution in [0.1, 0.15) is 72.9 Å². The fourth-order valence-corrected chi connectivity index (χ4v) is 5.93. The lowest BCUT2D eigenvalue weighted by Gasteiger charge is -2.30. The van der Waals surface area contributed by atoms with Crippen molar-refractivity contribution < 1.29 is 49.4 Å². The zero-order valence-corrected chi connectivity index (χ0v) is 24.8. The fourth-order valence-electron chi connectivity index (χ4n) is 5.93.